The van der Waals surface area contributed by atoms with Gasteiger partial charge in [0, 0.05) is 0 Å². The highest BCUT2D eigenvalue weighted by molar-refractivity contribution is 6.67. The van der Waals surface area contributed by atoms with Crippen LogP contribution in [0.2, 0.25) is 0 Å². The van der Waals surface area contributed by atoms with Crippen molar-refractivity contribution in [3.05, 3.63) is 0 Å². The average Bonchev–Trinajstić information content (AvgIpc) is 1.27. The summed E-state index contributed by atoms with van der Waals surface area (Å²) in [4.78, 5) is 0. The monoisotopic (exact) mass is 180 g/mol. The van der Waals surface area contributed by atoms with Crippen LogP contribution in [-0.2, 0) is 0 Å². The minimum absolute atomic E-state index is 0.250. The van der Waals surface area contributed by atoms with Crippen LogP contribution in [0.5, 0.6) is 0 Å². The number of rotatable bonds is 0. The highest BCUT2D eigenvalue weighted by Gasteiger charge is 2.07. The van der Waals surface area contributed by atoms with Crippen LogP contribution in [0, 0.1) is 0 Å². The number of halogens is 4. The van der Waals surface area contributed by atoms with Crippen molar-refractivity contribution in [2.45, 2.75) is 17.6 Å². The van der Waals surface area contributed by atoms with Gasteiger partial charge in [0.2, 0.25) is 0 Å². The maximum absolute atomic E-state index is 10.3. The van der Waals surface area contributed by atoms with Crippen molar-refractivity contribution in [3.63, 3.8) is 0 Å². The number of hydrogen-bond donors (Lipinski definition) is 0. The molecule has 8 heavy (non-hydrogen) atoms. The number of hydrogen-bond acceptors (Lipinski definition) is 0. The number of alkyl halides is 4. The first kappa shape index (κ1) is 11.6. The van der Waals surface area contributed by atoms with E-state index in [0.29, 0.717) is 0 Å². The van der Waals surface area contributed by atoms with Gasteiger partial charge in [-0.15, -0.1) is 0 Å². The van der Waals surface area contributed by atoms with Gasteiger partial charge in [-0.25, -0.2) is 0 Å². The molecule has 0 aromatic heterocycles. The normalized spacial score (nSPS) is 9.75. The Bertz CT molecular complexity index is 35.0. The molecule has 0 nitrogen and oxygen atoms in total. The summed E-state index contributed by atoms with van der Waals surface area (Å²) in [5.41, 5.74) is 0. The molecule has 0 N–H and O–H groups in total. The SMILES string of the molecule is CC(Cl)(Cl)Cl.CCF. The van der Waals surface area contributed by atoms with Crippen molar-refractivity contribution in [2.75, 3.05) is 6.67 Å². The molecule has 0 bridgehead atoms. The van der Waals surface area contributed by atoms with Gasteiger partial charge in [-0.3, -0.25) is 4.39 Å². The topological polar surface area (TPSA) is 0 Å². The summed E-state index contributed by atoms with van der Waals surface area (Å²) in [7, 11) is 0. The Morgan fingerprint density at radius 1 is 1.38 bits per heavy atom. The molecular formula is C4H8Cl3F. The predicted octanol–water partition coefficient (Wildman–Crippen LogP) is 3.35. The second-order valence-corrected chi connectivity index (χ2v) is 3.90. The fourth-order valence-corrected chi connectivity index (χ4v) is 0. The largest absolute Gasteiger partial charge is 0.251 e. The first-order valence-electron chi connectivity index (χ1n) is 2.04. The summed E-state index contributed by atoms with van der Waals surface area (Å²) >= 11 is 15.2. The standard InChI is InChI=1S/C2H3Cl3.C2H5F/c1-2(3,4)5;1-2-3/h1H3;2H2,1H3. The van der Waals surface area contributed by atoms with Gasteiger partial charge in [0.25, 0.3) is 0 Å². The molecule has 0 fully saturated rings. The molecule has 0 aromatic rings. The molecular weight excluding hydrogens is 173 g/mol. The summed E-state index contributed by atoms with van der Waals surface area (Å²) in [5, 5.41) is 0. The van der Waals surface area contributed by atoms with Gasteiger partial charge in [0.15, 0.2) is 3.79 Å². The van der Waals surface area contributed by atoms with Crippen molar-refractivity contribution < 1.29 is 4.39 Å². The minimum atomic E-state index is -1.08. The molecule has 0 saturated carbocycles. The van der Waals surface area contributed by atoms with Crippen LogP contribution in [0.15, 0.2) is 0 Å². The smallest absolute Gasteiger partial charge is 0.187 e. The lowest BCUT2D eigenvalue weighted by Crippen LogP contribution is -1.87. The van der Waals surface area contributed by atoms with E-state index in [2.05, 4.69) is 0 Å². The van der Waals surface area contributed by atoms with Crippen molar-refractivity contribution in [3.8, 4) is 0 Å². The zero-order chi connectivity index (χ0) is 7.21. The first-order chi connectivity index (χ1) is 3.41. The highest BCUT2D eigenvalue weighted by atomic mass is 35.6. The van der Waals surface area contributed by atoms with Crippen molar-refractivity contribution in [2.24, 2.45) is 0 Å². The Morgan fingerprint density at radius 3 is 1.38 bits per heavy atom. The van der Waals surface area contributed by atoms with E-state index in [4.69, 9.17) is 34.8 Å². The van der Waals surface area contributed by atoms with E-state index in [1.54, 1.807) is 0 Å². The third-order valence-electron chi connectivity index (χ3n) is 0. The molecule has 0 radical (unpaired) electrons. The maximum atomic E-state index is 10.3. The van der Waals surface area contributed by atoms with Gasteiger partial charge in [-0.2, -0.15) is 0 Å². The summed E-state index contributed by atoms with van der Waals surface area (Å²) < 4.78 is 9.21. The molecule has 0 atom stereocenters. The van der Waals surface area contributed by atoms with Gasteiger partial charge < -0.3 is 0 Å². The molecule has 0 aliphatic rings. The van der Waals surface area contributed by atoms with E-state index in [1.807, 2.05) is 0 Å². The average molecular weight is 181 g/mol. The Kier molecular flexibility index (Phi) is 8.58. The van der Waals surface area contributed by atoms with E-state index >= 15 is 0 Å². The van der Waals surface area contributed by atoms with Crippen molar-refractivity contribution >= 4 is 34.8 Å². The van der Waals surface area contributed by atoms with Crippen LogP contribution in [-0.4, -0.2) is 10.5 Å². The van der Waals surface area contributed by atoms with Crippen LogP contribution in [0.4, 0.5) is 4.39 Å². The second-order valence-electron chi connectivity index (χ2n) is 1.05. The molecule has 0 amide bonds. The second kappa shape index (κ2) is 5.93. The lowest BCUT2D eigenvalue weighted by molar-refractivity contribution is 0.527. The summed E-state index contributed by atoms with van der Waals surface area (Å²) in [5.74, 6) is 0. The molecule has 0 unspecified atom stereocenters. The molecule has 0 saturated heterocycles. The Labute approximate surface area is 63.9 Å². The minimum Gasteiger partial charge on any atom is -0.251 e. The van der Waals surface area contributed by atoms with Gasteiger partial charge in [-0.05, 0) is 13.8 Å². The van der Waals surface area contributed by atoms with E-state index < -0.39 is 3.79 Å². The van der Waals surface area contributed by atoms with Crippen LogP contribution in [0.3, 0.4) is 0 Å². The molecule has 4 heteroatoms. The molecule has 0 aromatic carbocycles. The van der Waals surface area contributed by atoms with Gasteiger partial charge in [-0.1, -0.05) is 34.8 Å². The molecule has 0 aliphatic heterocycles. The van der Waals surface area contributed by atoms with Crippen LogP contribution in [0.25, 0.3) is 0 Å². The third-order valence-corrected chi connectivity index (χ3v) is 0. The fraction of sp³-hybridized carbons (Fsp3) is 1.00. The van der Waals surface area contributed by atoms with Crippen molar-refractivity contribution in [1.82, 2.24) is 0 Å². The molecule has 0 heterocycles. The first-order valence-corrected chi connectivity index (χ1v) is 3.18. The Hall–Kier alpha value is 0.800. The zero-order valence-electron chi connectivity index (χ0n) is 4.72. The van der Waals surface area contributed by atoms with E-state index in [0.717, 1.165) is 0 Å². The zero-order valence-corrected chi connectivity index (χ0v) is 6.99. The van der Waals surface area contributed by atoms with Crippen LogP contribution in [0.1, 0.15) is 13.8 Å². The highest BCUT2D eigenvalue weighted by Crippen LogP contribution is 2.23. The van der Waals surface area contributed by atoms with E-state index in [-0.39, 0.29) is 6.67 Å². The Balaban J connectivity index is 0. The Morgan fingerprint density at radius 2 is 1.38 bits per heavy atom. The fourth-order valence-electron chi connectivity index (χ4n) is 0. The third kappa shape index (κ3) is 357. The predicted molar refractivity (Wildman–Crippen MR) is 37.6 cm³/mol. The summed E-state index contributed by atoms with van der Waals surface area (Å²) in [6.45, 7) is 2.69. The quantitative estimate of drug-likeness (QED) is 0.503. The summed E-state index contributed by atoms with van der Waals surface area (Å²) in [6, 6.07) is 0. The van der Waals surface area contributed by atoms with Gasteiger partial charge in [0.05, 0.1) is 6.67 Å². The van der Waals surface area contributed by atoms with Crippen molar-refractivity contribution in [1.29, 1.82) is 0 Å². The van der Waals surface area contributed by atoms with Gasteiger partial charge >= 0.3 is 0 Å². The molecule has 52 valence electrons. The van der Waals surface area contributed by atoms with Gasteiger partial charge in [0.1, 0.15) is 0 Å². The summed E-state index contributed by atoms with van der Waals surface area (Å²) in [6.07, 6.45) is 0. The maximum Gasteiger partial charge on any atom is 0.187 e. The lowest BCUT2D eigenvalue weighted by atomic mass is 10.9. The van der Waals surface area contributed by atoms with Crippen LogP contribution >= 0.6 is 34.8 Å². The molecule has 0 rings (SSSR count). The molecule has 0 aliphatic carbocycles. The van der Waals surface area contributed by atoms with E-state index in [1.165, 1.54) is 13.8 Å². The lowest BCUT2D eigenvalue weighted by Gasteiger charge is -1.94. The van der Waals surface area contributed by atoms with E-state index in [9.17, 15) is 4.39 Å². The van der Waals surface area contributed by atoms with Crippen LogP contribution < -0.4 is 0 Å². The molecule has 0 spiro atoms.